The fourth-order valence-corrected chi connectivity index (χ4v) is 4.32. The van der Waals surface area contributed by atoms with Gasteiger partial charge in [-0.15, -0.1) is 11.3 Å². The molecule has 5 N–H and O–H groups in total. The Morgan fingerprint density at radius 1 is 1.43 bits per heavy atom. The van der Waals surface area contributed by atoms with Crippen molar-refractivity contribution in [3.8, 4) is 0 Å². The molecule has 1 atom stereocenters. The van der Waals surface area contributed by atoms with Gasteiger partial charge in [0.25, 0.3) is 5.91 Å². The van der Waals surface area contributed by atoms with E-state index in [1.807, 2.05) is 0 Å². The van der Waals surface area contributed by atoms with Gasteiger partial charge in [-0.1, -0.05) is 0 Å². The van der Waals surface area contributed by atoms with Gasteiger partial charge >= 0.3 is 0 Å². The fraction of sp³-hybridized carbons (Fsp3) is 0.667. The van der Waals surface area contributed by atoms with Crippen molar-refractivity contribution < 1.29 is 4.79 Å². The van der Waals surface area contributed by atoms with Crippen LogP contribution < -0.4 is 16.8 Å². The zero-order valence-electron chi connectivity index (χ0n) is 12.5. The fourth-order valence-electron chi connectivity index (χ4n) is 3.15. The van der Waals surface area contributed by atoms with E-state index in [-0.39, 0.29) is 0 Å². The number of primary amides is 1. The van der Waals surface area contributed by atoms with Crippen molar-refractivity contribution in [2.24, 2.45) is 5.73 Å². The van der Waals surface area contributed by atoms with Crippen LogP contribution in [0.4, 0.5) is 10.7 Å². The van der Waals surface area contributed by atoms with Gasteiger partial charge in [0, 0.05) is 18.2 Å². The largest absolute Gasteiger partial charge is 0.397 e. The molecule has 5 nitrogen and oxygen atoms in total. The van der Waals surface area contributed by atoms with E-state index in [0.717, 1.165) is 30.0 Å². The molecular weight excluding hydrogens is 284 g/mol. The Hall–Kier alpha value is -1.27. The van der Waals surface area contributed by atoms with E-state index in [4.69, 9.17) is 11.5 Å². The number of thiophene rings is 1. The molecular formula is C15H24N4OS. The van der Waals surface area contributed by atoms with E-state index >= 15 is 0 Å². The molecule has 0 spiro atoms. The van der Waals surface area contributed by atoms with Crippen LogP contribution >= 0.6 is 11.3 Å². The molecule has 6 heteroatoms. The summed E-state index contributed by atoms with van der Waals surface area (Å²) in [4.78, 5) is 14.5. The third-order valence-corrected chi connectivity index (χ3v) is 5.47. The number of hydrogen-bond acceptors (Lipinski definition) is 5. The van der Waals surface area contributed by atoms with Gasteiger partial charge in [0.1, 0.15) is 4.88 Å². The predicted molar refractivity (Wildman–Crippen MR) is 88.0 cm³/mol. The summed E-state index contributed by atoms with van der Waals surface area (Å²) >= 11 is 1.42. The molecule has 0 bridgehead atoms. The monoisotopic (exact) mass is 308 g/mol. The van der Waals surface area contributed by atoms with Crippen molar-refractivity contribution in [2.45, 2.75) is 44.6 Å². The van der Waals surface area contributed by atoms with Crippen LogP contribution in [-0.4, -0.2) is 36.5 Å². The summed E-state index contributed by atoms with van der Waals surface area (Å²) in [5, 5.41) is 4.62. The van der Waals surface area contributed by atoms with Gasteiger partial charge in [0.05, 0.1) is 10.7 Å². The first-order chi connectivity index (χ1) is 10.1. The average Bonchev–Trinajstić information content (AvgIpc) is 3.01. The molecule has 1 aromatic heterocycles. The molecule has 21 heavy (non-hydrogen) atoms. The van der Waals surface area contributed by atoms with Gasteiger partial charge in [0.2, 0.25) is 0 Å². The molecule has 1 saturated heterocycles. The highest BCUT2D eigenvalue weighted by molar-refractivity contribution is 7.18. The van der Waals surface area contributed by atoms with Gasteiger partial charge < -0.3 is 21.7 Å². The normalized spacial score (nSPS) is 20.6. The summed E-state index contributed by atoms with van der Waals surface area (Å²) in [6.45, 7) is 5.61. The molecule has 1 saturated carbocycles. The number of nitrogens with two attached hydrogens (primary N) is 2. The SMILES string of the molecule is CC(CN1CCCC1)Nc1sc(C(N)=O)c(N)c1C1CC1. The number of amides is 1. The van der Waals surface area contributed by atoms with Crippen molar-refractivity contribution in [3.63, 3.8) is 0 Å². The lowest BCUT2D eigenvalue weighted by atomic mass is 10.1. The van der Waals surface area contributed by atoms with Gasteiger partial charge in [-0.2, -0.15) is 0 Å². The summed E-state index contributed by atoms with van der Waals surface area (Å²) in [6.07, 6.45) is 4.93. The molecule has 2 fully saturated rings. The number of nitrogens with one attached hydrogen (secondary N) is 1. The van der Waals surface area contributed by atoms with Crippen molar-refractivity contribution >= 4 is 27.9 Å². The molecule has 116 valence electrons. The van der Waals surface area contributed by atoms with Crippen LogP contribution in [0.3, 0.4) is 0 Å². The number of anilines is 2. The number of likely N-dealkylation sites (tertiary alicyclic amines) is 1. The zero-order valence-corrected chi connectivity index (χ0v) is 13.3. The maximum absolute atomic E-state index is 11.5. The molecule has 1 aliphatic heterocycles. The molecule has 1 unspecified atom stereocenters. The second-order valence-electron chi connectivity index (χ2n) is 6.28. The van der Waals surface area contributed by atoms with E-state index in [9.17, 15) is 4.79 Å². The van der Waals surface area contributed by atoms with E-state index in [0.29, 0.717) is 22.5 Å². The van der Waals surface area contributed by atoms with Crippen molar-refractivity contribution in [2.75, 3.05) is 30.7 Å². The summed E-state index contributed by atoms with van der Waals surface area (Å²) < 4.78 is 0. The molecule has 1 amide bonds. The Morgan fingerprint density at radius 2 is 2.10 bits per heavy atom. The lowest BCUT2D eigenvalue weighted by molar-refractivity contribution is 0.100. The molecule has 1 aliphatic carbocycles. The van der Waals surface area contributed by atoms with Crippen LogP contribution in [0.25, 0.3) is 0 Å². The molecule has 0 radical (unpaired) electrons. The maximum atomic E-state index is 11.5. The van der Waals surface area contributed by atoms with Gasteiger partial charge in [-0.05, 0) is 51.6 Å². The van der Waals surface area contributed by atoms with Crippen LogP contribution in [-0.2, 0) is 0 Å². The van der Waals surface area contributed by atoms with Gasteiger partial charge in [-0.25, -0.2) is 0 Å². The van der Waals surface area contributed by atoms with Crippen molar-refractivity contribution in [1.82, 2.24) is 4.90 Å². The molecule has 2 heterocycles. The third kappa shape index (κ3) is 3.16. The number of carbonyl (C=O) groups is 1. The highest BCUT2D eigenvalue weighted by Gasteiger charge is 2.33. The first-order valence-corrected chi connectivity index (χ1v) is 8.58. The second kappa shape index (κ2) is 5.85. The maximum Gasteiger partial charge on any atom is 0.260 e. The predicted octanol–water partition coefficient (Wildman–Crippen LogP) is 2.20. The van der Waals surface area contributed by atoms with E-state index < -0.39 is 5.91 Å². The number of nitrogen functional groups attached to an aromatic ring is 1. The van der Waals surface area contributed by atoms with Gasteiger partial charge in [-0.3, -0.25) is 4.79 Å². The minimum Gasteiger partial charge on any atom is -0.397 e. The van der Waals surface area contributed by atoms with Crippen LogP contribution in [0.5, 0.6) is 0 Å². The van der Waals surface area contributed by atoms with Crippen molar-refractivity contribution in [1.29, 1.82) is 0 Å². The van der Waals surface area contributed by atoms with Gasteiger partial charge in [0.15, 0.2) is 0 Å². The second-order valence-corrected chi connectivity index (χ2v) is 7.30. The Kier molecular flexibility index (Phi) is 4.08. The number of rotatable bonds is 6. The van der Waals surface area contributed by atoms with E-state index in [1.165, 1.54) is 37.3 Å². The Labute approximate surface area is 129 Å². The number of carbonyl (C=O) groups excluding carboxylic acids is 1. The summed E-state index contributed by atoms with van der Waals surface area (Å²) in [6, 6.07) is 0.347. The molecule has 2 aliphatic rings. The highest BCUT2D eigenvalue weighted by atomic mass is 32.1. The topological polar surface area (TPSA) is 84.4 Å². The minimum atomic E-state index is -0.417. The van der Waals surface area contributed by atoms with Crippen LogP contribution in [0.1, 0.15) is 53.8 Å². The Balaban J connectivity index is 1.74. The quantitative estimate of drug-likeness (QED) is 0.752. The average molecular weight is 308 g/mol. The molecule has 3 rings (SSSR count). The first kappa shape index (κ1) is 14.7. The third-order valence-electron chi connectivity index (χ3n) is 4.30. The lowest BCUT2D eigenvalue weighted by Crippen LogP contribution is -2.32. The molecule has 0 aromatic carbocycles. The first-order valence-electron chi connectivity index (χ1n) is 7.77. The standard InChI is InChI=1S/C15H24N4OS/c1-9(8-19-6-2-3-7-19)18-15-11(10-4-5-10)12(16)13(21-15)14(17)20/h9-10,18H,2-8,16H2,1H3,(H2,17,20). The van der Waals surface area contributed by atoms with E-state index in [1.54, 1.807) is 0 Å². The van der Waals surface area contributed by atoms with Crippen LogP contribution in [0.2, 0.25) is 0 Å². The Morgan fingerprint density at radius 3 is 2.67 bits per heavy atom. The van der Waals surface area contributed by atoms with Crippen LogP contribution in [0.15, 0.2) is 0 Å². The van der Waals surface area contributed by atoms with Crippen LogP contribution in [0, 0.1) is 0 Å². The van der Waals surface area contributed by atoms with E-state index in [2.05, 4.69) is 17.1 Å². The zero-order chi connectivity index (χ0) is 15.0. The smallest absolute Gasteiger partial charge is 0.260 e. The minimum absolute atomic E-state index is 0.347. The summed E-state index contributed by atoms with van der Waals surface area (Å²) in [7, 11) is 0. The molecule has 1 aromatic rings. The Bertz CT molecular complexity index is 532. The summed E-state index contributed by atoms with van der Waals surface area (Å²) in [5.41, 5.74) is 13.3. The summed E-state index contributed by atoms with van der Waals surface area (Å²) in [5.74, 6) is 0.0930. The number of hydrogen-bond donors (Lipinski definition) is 3. The van der Waals surface area contributed by atoms with Crippen molar-refractivity contribution in [3.05, 3.63) is 10.4 Å². The number of nitrogens with zero attached hydrogens (tertiary/aromatic N) is 1. The lowest BCUT2D eigenvalue weighted by Gasteiger charge is -2.22. The highest BCUT2D eigenvalue weighted by Crippen LogP contribution is 2.50.